The number of likely N-dealkylation sites (tertiary alicyclic amines) is 2. The minimum absolute atomic E-state index is 0.0420. The second kappa shape index (κ2) is 7.11. The van der Waals surface area contributed by atoms with Gasteiger partial charge in [-0.2, -0.15) is 9.57 Å². The number of rotatable bonds is 5. The molecule has 3 saturated heterocycles. The van der Waals surface area contributed by atoms with Crippen LogP contribution in [0.15, 0.2) is 21.7 Å². The zero-order valence-corrected chi connectivity index (χ0v) is 16.7. The van der Waals surface area contributed by atoms with Crippen molar-refractivity contribution in [2.45, 2.75) is 47.6 Å². The van der Waals surface area contributed by atoms with Crippen molar-refractivity contribution < 1.29 is 18.0 Å². The van der Waals surface area contributed by atoms with Gasteiger partial charge in [-0.1, -0.05) is 6.07 Å². The van der Waals surface area contributed by atoms with Crippen LogP contribution >= 0.6 is 11.3 Å². The highest BCUT2D eigenvalue weighted by Crippen LogP contribution is 2.36. The van der Waals surface area contributed by atoms with Gasteiger partial charge in [0.1, 0.15) is 22.3 Å². The molecule has 0 aromatic carbocycles. The van der Waals surface area contributed by atoms with Gasteiger partial charge in [-0.05, 0) is 30.7 Å². The Hall–Kier alpha value is -2.00. The molecule has 3 fully saturated rings. The fourth-order valence-electron chi connectivity index (χ4n) is 4.30. The summed E-state index contributed by atoms with van der Waals surface area (Å²) in [4.78, 5) is 28.4. The van der Waals surface area contributed by atoms with Crippen LogP contribution in [0.1, 0.15) is 19.3 Å². The molecule has 1 aromatic rings. The van der Waals surface area contributed by atoms with Crippen LogP contribution in [0.3, 0.4) is 0 Å². The highest BCUT2D eigenvalue weighted by molar-refractivity contribution is 7.91. The number of carbonyl (C=O) groups is 2. The molecule has 0 saturated carbocycles. The molecule has 2 amide bonds. The van der Waals surface area contributed by atoms with Gasteiger partial charge in [0.05, 0.1) is 6.07 Å². The first kappa shape index (κ1) is 19.3. The number of nitriles is 1. The quantitative estimate of drug-likeness (QED) is 0.684. The van der Waals surface area contributed by atoms with Crippen molar-refractivity contribution in [1.29, 1.82) is 5.26 Å². The Balaban J connectivity index is 1.43. The van der Waals surface area contributed by atoms with E-state index in [1.54, 1.807) is 11.4 Å². The van der Waals surface area contributed by atoms with Gasteiger partial charge in [-0.3, -0.25) is 9.59 Å². The number of amides is 2. The lowest BCUT2D eigenvalue weighted by Crippen LogP contribution is -2.57. The monoisotopic (exact) mass is 423 g/mol. The predicted molar refractivity (Wildman–Crippen MR) is 100 cm³/mol. The van der Waals surface area contributed by atoms with Crippen molar-refractivity contribution in [3.05, 3.63) is 17.5 Å². The summed E-state index contributed by atoms with van der Waals surface area (Å²) in [6.07, 6.45) is 1.81. The Labute approximate surface area is 167 Å². The van der Waals surface area contributed by atoms with Gasteiger partial charge in [0.2, 0.25) is 11.8 Å². The molecule has 2 N–H and O–H groups in total. The summed E-state index contributed by atoms with van der Waals surface area (Å²) in [7, 11) is -3.69. The lowest BCUT2D eigenvalue weighted by Gasteiger charge is -2.34. The number of thiophene rings is 1. The summed E-state index contributed by atoms with van der Waals surface area (Å²) in [5.74, 6) is -0.638. The number of carbonyl (C=O) groups excluding carboxylic acids is 2. The first-order valence-corrected chi connectivity index (χ1v) is 11.5. The molecule has 0 radical (unpaired) electrons. The van der Waals surface area contributed by atoms with E-state index in [1.807, 2.05) is 0 Å². The molecule has 0 spiro atoms. The molecule has 11 heteroatoms. The molecule has 0 aliphatic carbocycles. The maximum absolute atomic E-state index is 12.8. The third-order valence-electron chi connectivity index (χ3n) is 5.70. The molecule has 3 aliphatic heterocycles. The number of piperazine rings is 1. The van der Waals surface area contributed by atoms with Crippen molar-refractivity contribution in [2.24, 2.45) is 5.73 Å². The van der Waals surface area contributed by atoms with Crippen molar-refractivity contribution in [1.82, 2.24) is 14.1 Å². The maximum Gasteiger partial charge on any atom is 0.253 e. The SMILES string of the molecule is N#C[C@@H]1CCCN1C(=O)[C@@H](N)CN1C(=O)[C@@H]2CC1CN2S(=O)(=O)c1cccs1. The smallest absolute Gasteiger partial charge is 0.253 e. The molecule has 150 valence electrons. The van der Waals surface area contributed by atoms with E-state index in [0.717, 1.165) is 17.8 Å². The zero-order valence-electron chi connectivity index (χ0n) is 15.1. The Morgan fingerprint density at radius 3 is 2.89 bits per heavy atom. The molecular formula is C17H21N5O4S2. The second-order valence-electron chi connectivity index (χ2n) is 7.33. The minimum atomic E-state index is -3.69. The van der Waals surface area contributed by atoms with E-state index >= 15 is 0 Å². The van der Waals surface area contributed by atoms with Crippen LogP contribution in [-0.2, 0) is 19.6 Å². The molecule has 1 aromatic heterocycles. The van der Waals surface area contributed by atoms with Gasteiger partial charge < -0.3 is 15.5 Å². The van der Waals surface area contributed by atoms with E-state index in [4.69, 9.17) is 11.0 Å². The lowest BCUT2D eigenvalue weighted by molar-refractivity contribution is -0.137. The molecule has 4 rings (SSSR count). The van der Waals surface area contributed by atoms with E-state index in [2.05, 4.69) is 6.07 Å². The maximum atomic E-state index is 12.8. The number of nitrogens with two attached hydrogens (primary N) is 1. The largest absolute Gasteiger partial charge is 0.335 e. The van der Waals surface area contributed by atoms with E-state index < -0.39 is 28.1 Å². The van der Waals surface area contributed by atoms with Crippen LogP contribution in [0.25, 0.3) is 0 Å². The molecule has 3 aliphatic rings. The molecule has 2 bridgehead atoms. The third kappa shape index (κ3) is 3.00. The van der Waals surface area contributed by atoms with Crippen molar-refractivity contribution in [3.8, 4) is 6.07 Å². The normalized spacial score (nSPS) is 28.7. The standard InChI is InChI=1S/C17H21N5O4S2/c18-8-11-3-1-5-20(11)16(23)13(19)10-21-12-7-14(17(21)24)22(9-12)28(25,26)15-4-2-6-27-15/h2,4,6,11-14H,1,3,5,7,9-10,19H2/t11-,12?,13-,14-/m0/s1. The summed E-state index contributed by atoms with van der Waals surface area (Å²) in [6, 6.07) is 2.91. The summed E-state index contributed by atoms with van der Waals surface area (Å²) >= 11 is 1.13. The van der Waals surface area contributed by atoms with Crippen LogP contribution in [0, 0.1) is 11.3 Å². The van der Waals surface area contributed by atoms with E-state index in [1.165, 1.54) is 20.2 Å². The Kier molecular flexibility index (Phi) is 4.91. The predicted octanol–water partition coefficient (Wildman–Crippen LogP) is -0.436. The number of hydrogen-bond donors (Lipinski definition) is 1. The van der Waals surface area contributed by atoms with Gasteiger partial charge >= 0.3 is 0 Å². The summed E-state index contributed by atoms with van der Waals surface area (Å²) in [5.41, 5.74) is 6.06. The molecule has 4 atom stereocenters. The second-order valence-corrected chi connectivity index (χ2v) is 10.4. The van der Waals surface area contributed by atoms with Gasteiger partial charge in [-0.25, -0.2) is 8.42 Å². The van der Waals surface area contributed by atoms with Gasteiger partial charge in [-0.15, -0.1) is 11.3 Å². The molecule has 4 heterocycles. The molecule has 1 unspecified atom stereocenters. The first-order valence-electron chi connectivity index (χ1n) is 9.16. The number of sulfonamides is 1. The summed E-state index contributed by atoms with van der Waals surface area (Å²) in [6.45, 7) is 0.750. The topological polar surface area (TPSA) is 128 Å². The van der Waals surface area contributed by atoms with Crippen LogP contribution in [0.5, 0.6) is 0 Å². The average molecular weight is 424 g/mol. The highest BCUT2D eigenvalue weighted by atomic mass is 32.2. The summed E-state index contributed by atoms with van der Waals surface area (Å²) < 4.78 is 27.0. The van der Waals surface area contributed by atoms with E-state index in [-0.39, 0.29) is 35.2 Å². The van der Waals surface area contributed by atoms with E-state index in [9.17, 15) is 18.0 Å². The van der Waals surface area contributed by atoms with Crippen LogP contribution in [-0.4, -0.2) is 78.1 Å². The first-order chi connectivity index (χ1) is 13.3. The fourth-order valence-corrected chi connectivity index (χ4v) is 7.05. The van der Waals surface area contributed by atoms with Crippen molar-refractivity contribution in [3.63, 3.8) is 0 Å². The van der Waals surface area contributed by atoms with Gasteiger partial charge in [0, 0.05) is 25.7 Å². The lowest BCUT2D eigenvalue weighted by atomic mass is 10.2. The number of nitrogens with zero attached hydrogens (tertiary/aromatic N) is 4. The average Bonchev–Trinajstić information content (AvgIpc) is 3.45. The Morgan fingerprint density at radius 2 is 2.25 bits per heavy atom. The minimum Gasteiger partial charge on any atom is -0.335 e. The Bertz CT molecular complexity index is 926. The molecule has 9 nitrogen and oxygen atoms in total. The van der Waals surface area contributed by atoms with Crippen LogP contribution in [0.4, 0.5) is 0 Å². The van der Waals surface area contributed by atoms with Crippen LogP contribution in [0.2, 0.25) is 0 Å². The summed E-state index contributed by atoms with van der Waals surface area (Å²) in [5, 5.41) is 10.8. The number of fused-ring (bicyclic) bond motifs is 2. The highest BCUT2D eigenvalue weighted by Gasteiger charge is 2.54. The van der Waals surface area contributed by atoms with E-state index in [0.29, 0.717) is 19.4 Å². The molecule has 28 heavy (non-hydrogen) atoms. The number of hydrogen-bond acceptors (Lipinski definition) is 7. The van der Waals surface area contributed by atoms with Crippen molar-refractivity contribution in [2.75, 3.05) is 19.6 Å². The molecular weight excluding hydrogens is 402 g/mol. The van der Waals surface area contributed by atoms with Crippen LogP contribution < -0.4 is 5.73 Å². The zero-order chi connectivity index (χ0) is 20.1. The Morgan fingerprint density at radius 1 is 1.46 bits per heavy atom. The van der Waals surface area contributed by atoms with Gasteiger partial charge in [0.25, 0.3) is 10.0 Å². The third-order valence-corrected chi connectivity index (χ3v) is 8.94. The fraction of sp³-hybridized carbons (Fsp3) is 0.588. The van der Waals surface area contributed by atoms with Crippen molar-refractivity contribution >= 4 is 33.2 Å². The van der Waals surface area contributed by atoms with Gasteiger partial charge in [0.15, 0.2) is 0 Å².